The Bertz CT molecular complexity index is 368. The summed E-state index contributed by atoms with van der Waals surface area (Å²) in [5.74, 6) is 0.195. The van der Waals surface area contributed by atoms with Gasteiger partial charge >= 0.3 is 5.97 Å². The number of esters is 1. The zero-order valence-electron chi connectivity index (χ0n) is 10.8. The predicted molar refractivity (Wildman–Crippen MR) is 65.9 cm³/mol. The molecule has 0 fully saturated rings. The van der Waals surface area contributed by atoms with Crippen molar-refractivity contribution in [3.05, 3.63) is 17.8 Å². The van der Waals surface area contributed by atoms with E-state index in [0.717, 1.165) is 13.0 Å². The fraction of sp³-hybridized carbons (Fsp3) is 0.583. The minimum atomic E-state index is -0.473. The van der Waals surface area contributed by atoms with Crippen LogP contribution in [-0.4, -0.2) is 29.8 Å². The zero-order chi connectivity index (χ0) is 12.9. The number of carbonyl (C=O) groups excluding carboxylic acids is 1. The average Bonchev–Trinajstić information content (AvgIpc) is 2.27. The monoisotopic (exact) mass is 237 g/mol. The molecule has 1 aromatic heterocycles. The van der Waals surface area contributed by atoms with E-state index in [1.165, 1.54) is 7.11 Å². The predicted octanol–water partition coefficient (Wildman–Crippen LogP) is 2.11. The molecule has 0 bridgehead atoms. The summed E-state index contributed by atoms with van der Waals surface area (Å²) in [5, 5.41) is 10.8. The molecular formula is C12H19N3O2. The highest BCUT2D eigenvalue weighted by Crippen LogP contribution is 2.18. The van der Waals surface area contributed by atoms with Crippen LogP contribution in [0.25, 0.3) is 0 Å². The number of rotatable bonds is 4. The molecule has 1 heterocycles. The minimum absolute atomic E-state index is 0.217. The van der Waals surface area contributed by atoms with Crippen molar-refractivity contribution in [3.63, 3.8) is 0 Å². The third-order valence-electron chi connectivity index (χ3n) is 2.24. The van der Waals surface area contributed by atoms with Gasteiger partial charge in [0.05, 0.1) is 7.11 Å². The van der Waals surface area contributed by atoms with Gasteiger partial charge in [0, 0.05) is 6.54 Å². The molecule has 1 N–H and O–H groups in total. The third-order valence-corrected chi connectivity index (χ3v) is 2.24. The van der Waals surface area contributed by atoms with Gasteiger partial charge in [0.25, 0.3) is 0 Å². The van der Waals surface area contributed by atoms with Gasteiger partial charge in [-0.3, -0.25) is 0 Å². The van der Waals surface area contributed by atoms with Gasteiger partial charge in [0.15, 0.2) is 5.69 Å². The van der Waals surface area contributed by atoms with Crippen LogP contribution in [0.15, 0.2) is 12.1 Å². The Morgan fingerprint density at radius 2 is 2.06 bits per heavy atom. The molecule has 0 aromatic carbocycles. The van der Waals surface area contributed by atoms with Gasteiger partial charge in [0.1, 0.15) is 5.82 Å². The highest BCUT2D eigenvalue weighted by molar-refractivity contribution is 5.86. The van der Waals surface area contributed by atoms with Crippen molar-refractivity contribution >= 4 is 11.8 Å². The van der Waals surface area contributed by atoms with Crippen LogP contribution in [0, 0.1) is 5.41 Å². The van der Waals surface area contributed by atoms with Gasteiger partial charge in [-0.05, 0) is 24.0 Å². The lowest BCUT2D eigenvalue weighted by molar-refractivity contribution is 0.0593. The number of anilines is 1. The molecule has 5 heteroatoms. The Labute approximate surface area is 102 Å². The van der Waals surface area contributed by atoms with E-state index in [-0.39, 0.29) is 11.1 Å². The van der Waals surface area contributed by atoms with Crippen LogP contribution in [0.4, 0.5) is 5.82 Å². The second-order valence-electron chi connectivity index (χ2n) is 5.03. The summed E-state index contributed by atoms with van der Waals surface area (Å²) in [6.45, 7) is 7.37. The normalized spacial score (nSPS) is 11.1. The fourth-order valence-electron chi connectivity index (χ4n) is 1.21. The molecular weight excluding hydrogens is 218 g/mol. The average molecular weight is 237 g/mol. The summed E-state index contributed by atoms with van der Waals surface area (Å²) in [6.07, 6.45) is 1.04. The molecule has 0 atom stereocenters. The van der Waals surface area contributed by atoms with E-state index in [9.17, 15) is 4.79 Å². The van der Waals surface area contributed by atoms with Crippen molar-refractivity contribution in [1.29, 1.82) is 0 Å². The van der Waals surface area contributed by atoms with E-state index in [1.54, 1.807) is 12.1 Å². The molecule has 0 aliphatic carbocycles. The summed E-state index contributed by atoms with van der Waals surface area (Å²) < 4.78 is 4.54. The summed E-state index contributed by atoms with van der Waals surface area (Å²) in [5.41, 5.74) is 0.501. The zero-order valence-corrected chi connectivity index (χ0v) is 10.8. The van der Waals surface area contributed by atoms with Crippen molar-refractivity contribution < 1.29 is 9.53 Å². The van der Waals surface area contributed by atoms with E-state index >= 15 is 0 Å². The fourth-order valence-corrected chi connectivity index (χ4v) is 1.21. The first-order valence-electron chi connectivity index (χ1n) is 5.58. The summed E-state index contributed by atoms with van der Waals surface area (Å²) in [4.78, 5) is 11.1. The largest absolute Gasteiger partial charge is 0.464 e. The molecule has 1 aromatic rings. The van der Waals surface area contributed by atoms with E-state index in [2.05, 4.69) is 41.0 Å². The van der Waals surface area contributed by atoms with Crippen LogP contribution in [-0.2, 0) is 4.74 Å². The lowest BCUT2D eigenvalue weighted by atomic mass is 9.92. The van der Waals surface area contributed by atoms with Crippen LogP contribution >= 0.6 is 0 Å². The second kappa shape index (κ2) is 5.61. The Kier molecular flexibility index (Phi) is 4.43. The Balaban J connectivity index is 2.49. The SMILES string of the molecule is COC(=O)c1ccc(NCCC(C)(C)C)nn1. The lowest BCUT2D eigenvalue weighted by Crippen LogP contribution is -2.14. The number of hydrogen-bond donors (Lipinski definition) is 1. The highest BCUT2D eigenvalue weighted by Gasteiger charge is 2.10. The summed E-state index contributed by atoms with van der Waals surface area (Å²) in [6, 6.07) is 3.32. The minimum Gasteiger partial charge on any atom is -0.464 e. The molecule has 0 saturated heterocycles. The van der Waals surface area contributed by atoms with Crippen LogP contribution in [0.3, 0.4) is 0 Å². The number of hydrogen-bond acceptors (Lipinski definition) is 5. The van der Waals surface area contributed by atoms with Crippen LogP contribution < -0.4 is 5.32 Å². The molecule has 0 aliphatic heterocycles. The molecule has 5 nitrogen and oxygen atoms in total. The van der Waals surface area contributed by atoms with Crippen LogP contribution in [0.1, 0.15) is 37.7 Å². The van der Waals surface area contributed by atoms with Gasteiger partial charge in [-0.25, -0.2) is 4.79 Å². The number of methoxy groups -OCH3 is 1. The molecule has 0 spiro atoms. The Morgan fingerprint density at radius 3 is 2.53 bits per heavy atom. The number of nitrogens with one attached hydrogen (secondary N) is 1. The van der Waals surface area contributed by atoms with Gasteiger partial charge in [0.2, 0.25) is 0 Å². The summed E-state index contributed by atoms with van der Waals surface area (Å²) in [7, 11) is 1.32. The number of nitrogens with zero attached hydrogens (tertiary/aromatic N) is 2. The third kappa shape index (κ3) is 4.80. The standard InChI is InChI=1S/C12H19N3O2/c1-12(2,3)7-8-13-10-6-5-9(14-15-10)11(16)17-4/h5-6H,7-8H2,1-4H3,(H,13,15). The van der Waals surface area contributed by atoms with Crippen molar-refractivity contribution in [2.75, 3.05) is 19.0 Å². The first-order valence-corrected chi connectivity index (χ1v) is 5.58. The van der Waals surface area contributed by atoms with Gasteiger partial charge in [-0.15, -0.1) is 10.2 Å². The molecule has 1 rings (SSSR count). The molecule has 0 radical (unpaired) electrons. The summed E-state index contributed by atoms with van der Waals surface area (Å²) >= 11 is 0. The second-order valence-corrected chi connectivity index (χ2v) is 5.03. The quantitative estimate of drug-likeness (QED) is 0.812. The smallest absolute Gasteiger partial charge is 0.358 e. The molecule has 0 unspecified atom stereocenters. The Hall–Kier alpha value is -1.65. The van der Waals surface area contributed by atoms with E-state index in [0.29, 0.717) is 5.82 Å². The van der Waals surface area contributed by atoms with E-state index in [1.807, 2.05) is 0 Å². The molecule has 0 saturated carbocycles. The van der Waals surface area contributed by atoms with Crippen molar-refractivity contribution in [3.8, 4) is 0 Å². The molecule has 0 aliphatic rings. The van der Waals surface area contributed by atoms with Crippen molar-refractivity contribution in [2.45, 2.75) is 27.2 Å². The number of ether oxygens (including phenoxy) is 1. The van der Waals surface area contributed by atoms with E-state index < -0.39 is 5.97 Å². The van der Waals surface area contributed by atoms with Crippen LogP contribution in [0.2, 0.25) is 0 Å². The highest BCUT2D eigenvalue weighted by atomic mass is 16.5. The first-order chi connectivity index (χ1) is 7.92. The van der Waals surface area contributed by atoms with Crippen molar-refractivity contribution in [1.82, 2.24) is 10.2 Å². The molecule has 94 valence electrons. The van der Waals surface area contributed by atoms with Crippen molar-refractivity contribution in [2.24, 2.45) is 5.41 Å². The maximum atomic E-state index is 11.1. The van der Waals surface area contributed by atoms with Gasteiger partial charge < -0.3 is 10.1 Å². The first kappa shape index (κ1) is 13.4. The number of aromatic nitrogens is 2. The van der Waals surface area contributed by atoms with Crippen LogP contribution in [0.5, 0.6) is 0 Å². The topological polar surface area (TPSA) is 64.1 Å². The maximum absolute atomic E-state index is 11.1. The van der Waals surface area contributed by atoms with E-state index in [4.69, 9.17) is 0 Å². The maximum Gasteiger partial charge on any atom is 0.358 e. The number of carbonyl (C=O) groups is 1. The molecule has 17 heavy (non-hydrogen) atoms. The van der Waals surface area contributed by atoms with Gasteiger partial charge in [-0.2, -0.15) is 0 Å². The molecule has 0 amide bonds. The lowest BCUT2D eigenvalue weighted by Gasteiger charge is -2.18. The Morgan fingerprint density at radius 1 is 1.35 bits per heavy atom. The van der Waals surface area contributed by atoms with Gasteiger partial charge in [-0.1, -0.05) is 20.8 Å².